The first-order chi connectivity index (χ1) is 9.84. The first-order valence-electron chi connectivity index (χ1n) is 7.37. The summed E-state index contributed by atoms with van der Waals surface area (Å²) in [5.74, 6) is -0.576. The minimum absolute atomic E-state index is 0.0281. The van der Waals surface area contributed by atoms with Crippen molar-refractivity contribution in [2.24, 2.45) is 5.92 Å². The average molecular weight is 322 g/mol. The maximum absolute atomic E-state index is 11.4. The van der Waals surface area contributed by atoms with Crippen LogP contribution in [-0.4, -0.2) is 28.5 Å². The molecule has 1 atom stereocenters. The molecule has 0 aromatic rings. The normalized spacial score (nSPS) is 13.2. The van der Waals surface area contributed by atoms with Crippen LogP contribution in [-0.2, 0) is 18.6 Å². The summed E-state index contributed by atoms with van der Waals surface area (Å²) in [4.78, 5) is 29.0. The molecule has 0 saturated heterocycles. The molecule has 0 rings (SSSR count). The van der Waals surface area contributed by atoms with Gasteiger partial charge in [0, 0.05) is 6.08 Å². The molecule has 0 saturated carbocycles. The maximum atomic E-state index is 11.4. The van der Waals surface area contributed by atoms with E-state index in [2.05, 4.69) is 25.0 Å². The van der Waals surface area contributed by atoms with Crippen LogP contribution in [0.5, 0.6) is 0 Å². The average Bonchev–Trinajstić information content (AvgIpc) is 2.42. The highest BCUT2D eigenvalue weighted by atomic mass is 31.2. The minimum atomic E-state index is -4.58. The molecule has 0 fully saturated rings. The Morgan fingerprint density at radius 3 is 2.14 bits per heavy atom. The molecule has 124 valence electrons. The van der Waals surface area contributed by atoms with Gasteiger partial charge >= 0.3 is 13.8 Å². The quantitative estimate of drug-likeness (QED) is 0.326. The van der Waals surface area contributed by atoms with E-state index in [4.69, 9.17) is 14.5 Å². The lowest BCUT2D eigenvalue weighted by Crippen LogP contribution is -2.31. The molecular formula is C14H27O6P. The van der Waals surface area contributed by atoms with E-state index in [0.717, 1.165) is 44.6 Å². The molecule has 7 heteroatoms. The van der Waals surface area contributed by atoms with Gasteiger partial charge in [-0.05, 0) is 18.8 Å². The fourth-order valence-corrected chi connectivity index (χ4v) is 2.42. The minimum Gasteiger partial charge on any atom is -0.456 e. The molecule has 21 heavy (non-hydrogen) atoms. The fraction of sp³-hybridized carbons (Fsp3) is 0.786. The summed E-state index contributed by atoms with van der Waals surface area (Å²) in [7, 11) is -4.58. The van der Waals surface area contributed by atoms with Crippen molar-refractivity contribution in [1.29, 1.82) is 0 Å². The smallest absolute Gasteiger partial charge is 0.456 e. The van der Waals surface area contributed by atoms with Crippen LogP contribution in [0.25, 0.3) is 0 Å². The number of hydrogen-bond donors (Lipinski definition) is 2. The number of carbonyl (C=O) groups is 1. The summed E-state index contributed by atoms with van der Waals surface area (Å²) in [5, 5.41) is 0. The van der Waals surface area contributed by atoms with Gasteiger partial charge in [0.1, 0.15) is 6.10 Å². The van der Waals surface area contributed by atoms with Gasteiger partial charge in [0.05, 0.1) is 6.61 Å². The zero-order valence-electron chi connectivity index (χ0n) is 12.9. The van der Waals surface area contributed by atoms with E-state index in [0.29, 0.717) is 0 Å². The van der Waals surface area contributed by atoms with Gasteiger partial charge in [-0.1, -0.05) is 46.1 Å². The standard InChI is InChI=1S/C14H27O6P/c1-4-7-9-12(10-8-5-2)13(20-14(15)6-3)11-19-21(16,17)18/h6,12-13H,3-5,7-11H2,1-2H3,(H2,16,17,18). The van der Waals surface area contributed by atoms with Crippen molar-refractivity contribution in [1.82, 2.24) is 0 Å². The number of ether oxygens (including phenoxy) is 1. The Hall–Kier alpha value is -0.680. The third-order valence-electron chi connectivity index (χ3n) is 3.22. The second kappa shape index (κ2) is 11.0. The summed E-state index contributed by atoms with van der Waals surface area (Å²) in [6, 6.07) is 0. The number of unbranched alkanes of at least 4 members (excludes halogenated alkanes) is 2. The van der Waals surface area contributed by atoms with E-state index in [1.807, 2.05) is 0 Å². The van der Waals surface area contributed by atoms with Gasteiger partial charge in [0.2, 0.25) is 0 Å². The van der Waals surface area contributed by atoms with E-state index in [1.54, 1.807) is 0 Å². The highest BCUT2D eigenvalue weighted by Crippen LogP contribution is 2.37. The van der Waals surface area contributed by atoms with Gasteiger partial charge in [-0.25, -0.2) is 9.36 Å². The largest absolute Gasteiger partial charge is 0.469 e. The molecule has 0 amide bonds. The summed E-state index contributed by atoms with van der Waals surface area (Å²) < 4.78 is 20.6. The molecule has 0 aliphatic heterocycles. The molecule has 0 radical (unpaired) electrons. The highest BCUT2D eigenvalue weighted by Gasteiger charge is 2.27. The summed E-state index contributed by atoms with van der Waals surface area (Å²) in [5.41, 5.74) is 0. The van der Waals surface area contributed by atoms with Crippen molar-refractivity contribution in [3.05, 3.63) is 12.7 Å². The molecule has 0 aromatic carbocycles. The summed E-state index contributed by atoms with van der Waals surface area (Å²) >= 11 is 0. The van der Waals surface area contributed by atoms with Crippen LogP contribution < -0.4 is 0 Å². The van der Waals surface area contributed by atoms with Crippen LogP contribution in [0, 0.1) is 5.92 Å². The van der Waals surface area contributed by atoms with Crippen molar-refractivity contribution in [3.63, 3.8) is 0 Å². The lowest BCUT2D eigenvalue weighted by molar-refractivity contribution is -0.148. The topological polar surface area (TPSA) is 93.1 Å². The van der Waals surface area contributed by atoms with Crippen LogP contribution in [0.4, 0.5) is 0 Å². The fourth-order valence-electron chi connectivity index (χ4n) is 2.08. The van der Waals surface area contributed by atoms with E-state index >= 15 is 0 Å². The molecular weight excluding hydrogens is 295 g/mol. The van der Waals surface area contributed by atoms with E-state index in [1.165, 1.54) is 0 Å². The zero-order valence-corrected chi connectivity index (χ0v) is 13.8. The predicted octanol–water partition coefficient (Wildman–Crippen LogP) is 3.19. The first kappa shape index (κ1) is 20.3. The SMILES string of the molecule is C=CC(=O)OC(COP(=O)(O)O)C(CCCC)CCCC. The van der Waals surface area contributed by atoms with Crippen LogP contribution in [0.1, 0.15) is 52.4 Å². The Kier molecular flexibility index (Phi) is 10.6. The van der Waals surface area contributed by atoms with Crippen LogP contribution >= 0.6 is 7.82 Å². The van der Waals surface area contributed by atoms with Crippen molar-refractivity contribution in [3.8, 4) is 0 Å². The summed E-state index contributed by atoms with van der Waals surface area (Å²) in [6.07, 6.45) is 5.97. The Morgan fingerprint density at radius 1 is 1.24 bits per heavy atom. The number of esters is 1. The van der Waals surface area contributed by atoms with Gasteiger partial charge in [-0.15, -0.1) is 0 Å². The molecule has 6 nitrogen and oxygen atoms in total. The molecule has 0 bridgehead atoms. The lowest BCUT2D eigenvalue weighted by Gasteiger charge is -2.26. The lowest BCUT2D eigenvalue weighted by atomic mass is 9.91. The van der Waals surface area contributed by atoms with Crippen LogP contribution in [0.3, 0.4) is 0 Å². The molecule has 0 heterocycles. The monoisotopic (exact) mass is 322 g/mol. The summed E-state index contributed by atoms with van der Waals surface area (Å²) in [6.45, 7) is 7.16. The van der Waals surface area contributed by atoms with E-state index in [-0.39, 0.29) is 12.5 Å². The van der Waals surface area contributed by atoms with Crippen molar-refractivity contribution >= 4 is 13.8 Å². The first-order valence-corrected chi connectivity index (χ1v) is 8.90. The number of carbonyl (C=O) groups excluding carboxylic acids is 1. The second-order valence-electron chi connectivity index (χ2n) is 5.01. The van der Waals surface area contributed by atoms with Crippen molar-refractivity contribution in [2.45, 2.75) is 58.5 Å². The second-order valence-corrected chi connectivity index (χ2v) is 6.25. The van der Waals surface area contributed by atoms with Crippen LogP contribution in [0.2, 0.25) is 0 Å². The Bertz CT molecular complexity index is 343. The molecule has 0 spiro atoms. The van der Waals surface area contributed by atoms with Gasteiger partial charge < -0.3 is 14.5 Å². The number of phosphoric ester groups is 1. The Morgan fingerprint density at radius 2 is 1.76 bits per heavy atom. The zero-order chi connectivity index (χ0) is 16.3. The van der Waals surface area contributed by atoms with E-state index < -0.39 is 19.9 Å². The third kappa shape index (κ3) is 10.7. The van der Waals surface area contributed by atoms with Crippen LogP contribution in [0.15, 0.2) is 12.7 Å². The molecule has 0 aliphatic carbocycles. The van der Waals surface area contributed by atoms with E-state index in [9.17, 15) is 9.36 Å². The van der Waals surface area contributed by atoms with Gasteiger partial charge in [0.25, 0.3) is 0 Å². The number of hydrogen-bond acceptors (Lipinski definition) is 4. The number of phosphoric acid groups is 1. The van der Waals surface area contributed by atoms with Crippen molar-refractivity contribution in [2.75, 3.05) is 6.61 Å². The highest BCUT2D eigenvalue weighted by molar-refractivity contribution is 7.46. The molecule has 2 N–H and O–H groups in total. The third-order valence-corrected chi connectivity index (χ3v) is 3.71. The molecule has 0 aromatic heterocycles. The Labute approximate surface area is 126 Å². The van der Waals surface area contributed by atoms with Crippen molar-refractivity contribution < 1.29 is 28.4 Å². The van der Waals surface area contributed by atoms with Gasteiger partial charge in [0.15, 0.2) is 0 Å². The predicted molar refractivity (Wildman–Crippen MR) is 80.6 cm³/mol. The number of rotatable bonds is 12. The van der Waals surface area contributed by atoms with Gasteiger partial charge in [-0.2, -0.15) is 0 Å². The molecule has 0 aliphatic rings. The maximum Gasteiger partial charge on any atom is 0.469 e. The Balaban J connectivity index is 4.82. The van der Waals surface area contributed by atoms with Gasteiger partial charge in [-0.3, -0.25) is 4.52 Å². The molecule has 1 unspecified atom stereocenters.